The van der Waals surface area contributed by atoms with Crippen LogP contribution in [0.2, 0.25) is 0 Å². The molecule has 2 unspecified atom stereocenters. The summed E-state index contributed by atoms with van der Waals surface area (Å²) in [5, 5.41) is 6.95. The normalized spacial score (nSPS) is 33.4. The maximum atomic E-state index is 5.75. The van der Waals surface area contributed by atoms with Crippen LogP contribution in [0, 0.1) is 0 Å². The van der Waals surface area contributed by atoms with Gasteiger partial charge < -0.3 is 15.4 Å². The molecule has 2 atom stereocenters. The smallest absolute Gasteiger partial charge is 0.0826 e. The number of likely N-dealkylation sites (N-methyl/N-ethyl adjacent to an activating group) is 1. The van der Waals surface area contributed by atoms with E-state index in [2.05, 4.69) is 22.5 Å². The van der Waals surface area contributed by atoms with Gasteiger partial charge >= 0.3 is 0 Å². The van der Waals surface area contributed by atoms with Gasteiger partial charge in [0.1, 0.15) is 0 Å². The summed E-state index contributed by atoms with van der Waals surface area (Å²) in [4.78, 5) is 2.46. The van der Waals surface area contributed by atoms with Crippen molar-refractivity contribution >= 4 is 0 Å². The first-order chi connectivity index (χ1) is 7.38. The Bertz CT molecular complexity index is 183. The van der Waals surface area contributed by atoms with Gasteiger partial charge in [0.05, 0.1) is 12.7 Å². The van der Waals surface area contributed by atoms with Crippen LogP contribution in [-0.2, 0) is 4.74 Å². The van der Waals surface area contributed by atoms with E-state index in [1.165, 1.54) is 6.42 Å². The van der Waals surface area contributed by atoms with Crippen molar-refractivity contribution in [3.8, 4) is 0 Å². The number of hydrogen-bond acceptors (Lipinski definition) is 4. The molecule has 0 spiro atoms. The minimum atomic E-state index is 0.388. The molecule has 0 aromatic rings. The predicted molar refractivity (Wildman–Crippen MR) is 61.1 cm³/mol. The quantitative estimate of drug-likeness (QED) is 0.670. The molecule has 2 rings (SSSR count). The maximum Gasteiger partial charge on any atom is 0.0826 e. The second kappa shape index (κ2) is 5.80. The highest BCUT2D eigenvalue weighted by Crippen LogP contribution is 2.05. The van der Waals surface area contributed by atoms with Gasteiger partial charge in [0, 0.05) is 32.2 Å². The first kappa shape index (κ1) is 11.3. The lowest BCUT2D eigenvalue weighted by molar-refractivity contribution is -0.0261. The summed E-state index contributed by atoms with van der Waals surface area (Å²) < 4.78 is 5.75. The summed E-state index contributed by atoms with van der Waals surface area (Å²) in [7, 11) is 0. The zero-order valence-electron chi connectivity index (χ0n) is 9.67. The highest BCUT2D eigenvalue weighted by Gasteiger charge is 2.21. The van der Waals surface area contributed by atoms with Gasteiger partial charge in [-0.1, -0.05) is 6.92 Å². The van der Waals surface area contributed by atoms with Crippen molar-refractivity contribution in [3.05, 3.63) is 0 Å². The third kappa shape index (κ3) is 3.41. The number of ether oxygens (including phenoxy) is 1. The largest absolute Gasteiger partial charge is 0.374 e. The fourth-order valence-electron chi connectivity index (χ4n) is 2.32. The van der Waals surface area contributed by atoms with E-state index in [-0.39, 0.29) is 0 Å². The number of nitrogens with zero attached hydrogens (tertiary/aromatic N) is 1. The van der Waals surface area contributed by atoms with Crippen molar-refractivity contribution < 1.29 is 4.74 Å². The van der Waals surface area contributed by atoms with Crippen LogP contribution in [0.3, 0.4) is 0 Å². The van der Waals surface area contributed by atoms with E-state index in [1.807, 2.05) is 0 Å². The van der Waals surface area contributed by atoms with Gasteiger partial charge in [-0.3, -0.25) is 4.90 Å². The van der Waals surface area contributed by atoms with Gasteiger partial charge in [-0.05, 0) is 19.5 Å². The fourth-order valence-corrected chi connectivity index (χ4v) is 2.32. The van der Waals surface area contributed by atoms with Crippen molar-refractivity contribution in [3.63, 3.8) is 0 Å². The second-order valence-corrected chi connectivity index (χ2v) is 4.48. The van der Waals surface area contributed by atoms with Crippen LogP contribution >= 0.6 is 0 Å². The van der Waals surface area contributed by atoms with Gasteiger partial charge in [0.15, 0.2) is 0 Å². The average molecular weight is 213 g/mol. The maximum absolute atomic E-state index is 5.75. The summed E-state index contributed by atoms with van der Waals surface area (Å²) in [5.41, 5.74) is 0. The van der Waals surface area contributed by atoms with E-state index in [4.69, 9.17) is 4.74 Å². The molecule has 88 valence electrons. The Hall–Kier alpha value is -0.160. The zero-order chi connectivity index (χ0) is 10.5. The molecule has 2 N–H and O–H groups in total. The number of nitrogens with one attached hydrogen (secondary N) is 2. The Morgan fingerprint density at radius 2 is 2.47 bits per heavy atom. The first-order valence-electron chi connectivity index (χ1n) is 6.16. The lowest BCUT2D eigenvalue weighted by Crippen LogP contribution is -2.48. The van der Waals surface area contributed by atoms with Crippen molar-refractivity contribution in [1.82, 2.24) is 15.5 Å². The molecule has 2 saturated heterocycles. The van der Waals surface area contributed by atoms with Crippen LogP contribution in [0.25, 0.3) is 0 Å². The number of rotatable bonds is 4. The first-order valence-corrected chi connectivity index (χ1v) is 6.16. The summed E-state index contributed by atoms with van der Waals surface area (Å²) in [6.07, 6.45) is 1.64. The van der Waals surface area contributed by atoms with Crippen molar-refractivity contribution in [1.29, 1.82) is 0 Å². The summed E-state index contributed by atoms with van der Waals surface area (Å²) in [6.45, 7) is 9.71. The van der Waals surface area contributed by atoms with E-state index < -0.39 is 0 Å². The topological polar surface area (TPSA) is 36.5 Å². The Morgan fingerprint density at radius 3 is 3.20 bits per heavy atom. The standard InChI is InChI=1S/C11H23N3O/c1-2-14-5-6-15-11(9-14)8-13-10-3-4-12-7-10/h10-13H,2-9H2,1H3. The molecular formula is C11H23N3O. The predicted octanol–water partition coefficient (Wildman–Crippen LogP) is -0.341. The van der Waals surface area contributed by atoms with Crippen molar-refractivity contribution in [2.75, 3.05) is 45.9 Å². The van der Waals surface area contributed by atoms with Crippen LogP contribution < -0.4 is 10.6 Å². The molecule has 0 aromatic heterocycles. The number of hydrogen-bond donors (Lipinski definition) is 2. The molecule has 2 fully saturated rings. The summed E-state index contributed by atoms with van der Waals surface area (Å²) >= 11 is 0. The van der Waals surface area contributed by atoms with Crippen molar-refractivity contribution in [2.45, 2.75) is 25.5 Å². The average Bonchev–Trinajstić information content (AvgIpc) is 2.79. The third-order valence-corrected chi connectivity index (χ3v) is 3.36. The lowest BCUT2D eigenvalue weighted by atomic mass is 10.2. The highest BCUT2D eigenvalue weighted by atomic mass is 16.5. The van der Waals surface area contributed by atoms with Gasteiger partial charge in [-0.2, -0.15) is 0 Å². The highest BCUT2D eigenvalue weighted by molar-refractivity contribution is 4.80. The zero-order valence-corrected chi connectivity index (χ0v) is 9.67. The molecule has 15 heavy (non-hydrogen) atoms. The Balaban J connectivity index is 1.65. The van der Waals surface area contributed by atoms with E-state index in [0.29, 0.717) is 12.1 Å². The summed E-state index contributed by atoms with van der Waals surface area (Å²) in [6, 6.07) is 0.658. The van der Waals surface area contributed by atoms with E-state index in [9.17, 15) is 0 Å². The van der Waals surface area contributed by atoms with Crippen LogP contribution in [-0.4, -0.2) is 62.9 Å². The molecule has 2 aliphatic heterocycles. The van der Waals surface area contributed by atoms with Gasteiger partial charge in [0.25, 0.3) is 0 Å². The van der Waals surface area contributed by atoms with Gasteiger partial charge in [-0.15, -0.1) is 0 Å². The van der Waals surface area contributed by atoms with E-state index in [0.717, 1.165) is 45.9 Å². The van der Waals surface area contributed by atoms with Crippen LogP contribution in [0.4, 0.5) is 0 Å². The minimum Gasteiger partial charge on any atom is -0.374 e. The SMILES string of the molecule is CCN1CCOC(CNC2CCNC2)C1. The molecular weight excluding hydrogens is 190 g/mol. The molecule has 4 nitrogen and oxygen atoms in total. The fraction of sp³-hybridized carbons (Fsp3) is 1.00. The van der Waals surface area contributed by atoms with E-state index in [1.54, 1.807) is 0 Å². The van der Waals surface area contributed by atoms with Crippen LogP contribution in [0.15, 0.2) is 0 Å². The second-order valence-electron chi connectivity index (χ2n) is 4.48. The van der Waals surface area contributed by atoms with Gasteiger partial charge in [0.2, 0.25) is 0 Å². The third-order valence-electron chi connectivity index (χ3n) is 3.36. The molecule has 0 radical (unpaired) electrons. The molecule has 0 amide bonds. The van der Waals surface area contributed by atoms with Crippen LogP contribution in [0.1, 0.15) is 13.3 Å². The molecule has 4 heteroatoms. The Labute approximate surface area is 92.4 Å². The minimum absolute atomic E-state index is 0.388. The molecule has 0 saturated carbocycles. The van der Waals surface area contributed by atoms with Crippen LogP contribution in [0.5, 0.6) is 0 Å². The molecule has 0 aliphatic carbocycles. The monoisotopic (exact) mass is 213 g/mol. The van der Waals surface area contributed by atoms with Crippen molar-refractivity contribution in [2.24, 2.45) is 0 Å². The molecule has 2 heterocycles. The molecule has 0 bridgehead atoms. The van der Waals surface area contributed by atoms with Gasteiger partial charge in [-0.25, -0.2) is 0 Å². The lowest BCUT2D eigenvalue weighted by Gasteiger charge is -2.32. The Morgan fingerprint density at radius 1 is 1.53 bits per heavy atom. The Kier molecular flexibility index (Phi) is 4.38. The summed E-state index contributed by atoms with van der Waals surface area (Å²) in [5.74, 6) is 0. The molecule has 0 aromatic carbocycles. The molecule has 2 aliphatic rings. The number of morpholine rings is 1. The van der Waals surface area contributed by atoms with E-state index >= 15 is 0 Å².